The van der Waals surface area contributed by atoms with E-state index in [9.17, 15) is 0 Å². The van der Waals surface area contributed by atoms with Crippen LogP contribution in [0.2, 0.25) is 0 Å². The molecule has 1 fully saturated rings. The van der Waals surface area contributed by atoms with Gasteiger partial charge < -0.3 is 10.1 Å². The Hall–Kier alpha value is -0.590. The van der Waals surface area contributed by atoms with Crippen molar-refractivity contribution in [2.24, 2.45) is 5.92 Å². The van der Waals surface area contributed by atoms with Gasteiger partial charge in [0.05, 0.1) is 19.1 Å². The van der Waals surface area contributed by atoms with E-state index in [1.165, 1.54) is 0 Å². The van der Waals surface area contributed by atoms with Crippen molar-refractivity contribution in [1.29, 1.82) is 5.26 Å². The van der Waals surface area contributed by atoms with Gasteiger partial charge in [-0.25, -0.2) is 0 Å². The average Bonchev–Trinajstić information content (AvgIpc) is 2.55. The van der Waals surface area contributed by atoms with Gasteiger partial charge in [-0.2, -0.15) is 5.26 Å². The third-order valence-electron chi connectivity index (χ3n) is 2.62. The molecule has 3 nitrogen and oxygen atoms in total. The molecule has 0 saturated carbocycles. The number of nitrogens with zero attached hydrogens (tertiary/aromatic N) is 1. The molecule has 0 aromatic heterocycles. The highest BCUT2D eigenvalue weighted by atomic mass is 16.5. The van der Waals surface area contributed by atoms with Gasteiger partial charge in [0.1, 0.15) is 0 Å². The van der Waals surface area contributed by atoms with Gasteiger partial charge in [0.15, 0.2) is 0 Å². The molecule has 1 saturated heterocycles. The molecule has 0 bridgehead atoms. The number of nitrogens with one attached hydrogen (secondary N) is 1. The highest BCUT2D eigenvalue weighted by Gasteiger charge is 2.22. The lowest BCUT2D eigenvalue weighted by atomic mass is 10.00. The maximum atomic E-state index is 8.50. The summed E-state index contributed by atoms with van der Waals surface area (Å²) in [6.45, 7) is 5.99. The molecule has 74 valence electrons. The largest absolute Gasteiger partial charge is 0.381 e. The Morgan fingerprint density at radius 2 is 2.38 bits per heavy atom. The molecule has 3 atom stereocenters. The first-order valence-corrected chi connectivity index (χ1v) is 4.94. The van der Waals surface area contributed by atoms with Crippen molar-refractivity contribution in [1.82, 2.24) is 5.32 Å². The second kappa shape index (κ2) is 5.21. The molecule has 0 aromatic carbocycles. The first-order valence-electron chi connectivity index (χ1n) is 4.94. The molecular weight excluding hydrogens is 164 g/mol. The van der Waals surface area contributed by atoms with Crippen LogP contribution in [-0.2, 0) is 4.74 Å². The van der Waals surface area contributed by atoms with E-state index in [2.05, 4.69) is 25.2 Å². The number of hydrogen-bond acceptors (Lipinski definition) is 3. The second-order valence-corrected chi connectivity index (χ2v) is 3.84. The molecule has 1 aliphatic rings. The van der Waals surface area contributed by atoms with Crippen LogP contribution >= 0.6 is 0 Å². The molecule has 1 rings (SSSR count). The summed E-state index contributed by atoms with van der Waals surface area (Å²) in [5.74, 6) is 0.626. The van der Waals surface area contributed by atoms with Gasteiger partial charge in [-0.15, -0.1) is 0 Å². The fourth-order valence-electron chi connectivity index (χ4n) is 1.73. The zero-order valence-electron chi connectivity index (χ0n) is 8.42. The summed E-state index contributed by atoms with van der Waals surface area (Å²) in [6.07, 6.45) is 1.73. The maximum absolute atomic E-state index is 8.50. The Kier molecular flexibility index (Phi) is 4.20. The van der Waals surface area contributed by atoms with Crippen LogP contribution in [-0.4, -0.2) is 25.3 Å². The molecule has 0 aromatic rings. The number of rotatable bonds is 4. The van der Waals surface area contributed by atoms with Crippen LogP contribution in [0.4, 0.5) is 0 Å². The van der Waals surface area contributed by atoms with Crippen molar-refractivity contribution in [2.45, 2.75) is 38.8 Å². The summed E-state index contributed by atoms with van der Waals surface area (Å²) >= 11 is 0. The number of hydrogen-bond donors (Lipinski definition) is 1. The smallest absolute Gasteiger partial charge is 0.0638 e. The molecule has 1 N–H and O–H groups in total. The Bertz CT molecular complexity index is 182. The van der Waals surface area contributed by atoms with Crippen LogP contribution < -0.4 is 5.32 Å². The SMILES string of the molecule is CC(CC#N)NC(C)C1CCOC1. The van der Waals surface area contributed by atoms with E-state index in [1.807, 2.05) is 0 Å². The van der Waals surface area contributed by atoms with Gasteiger partial charge in [0.2, 0.25) is 0 Å². The zero-order valence-corrected chi connectivity index (χ0v) is 8.42. The summed E-state index contributed by atoms with van der Waals surface area (Å²) in [5, 5.41) is 11.9. The minimum Gasteiger partial charge on any atom is -0.381 e. The van der Waals surface area contributed by atoms with E-state index in [0.717, 1.165) is 19.6 Å². The van der Waals surface area contributed by atoms with E-state index < -0.39 is 0 Å². The fourth-order valence-corrected chi connectivity index (χ4v) is 1.73. The molecule has 1 aliphatic heterocycles. The molecule has 0 amide bonds. The van der Waals surface area contributed by atoms with Crippen molar-refractivity contribution in [2.75, 3.05) is 13.2 Å². The minimum absolute atomic E-state index is 0.292. The summed E-state index contributed by atoms with van der Waals surface area (Å²) in [7, 11) is 0. The molecule has 3 unspecified atom stereocenters. The standard InChI is InChI=1S/C10H18N2O/c1-8(3-5-11)12-9(2)10-4-6-13-7-10/h8-10,12H,3-4,6-7H2,1-2H3. The molecule has 1 heterocycles. The van der Waals surface area contributed by atoms with E-state index in [1.54, 1.807) is 0 Å². The monoisotopic (exact) mass is 182 g/mol. The maximum Gasteiger partial charge on any atom is 0.0638 e. The number of ether oxygens (including phenoxy) is 1. The van der Waals surface area contributed by atoms with Crippen molar-refractivity contribution >= 4 is 0 Å². The normalized spacial score (nSPS) is 26.7. The van der Waals surface area contributed by atoms with E-state index in [4.69, 9.17) is 10.00 Å². The fraction of sp³-hybridized carbons (Fsp3) is 0.900. The van der Waals surface area contributed by atoms with Gasteiger partial charge in [-0.3, -0.25) is 0 Å². The van der Waals surface area contributed by atoms with Gasteiger partial charge in [0.25, 0.3) is 0 Å². The van der Waals surface area contributed by atoms with Gasteiger partial charge in [-0.1, -0.05) is 0 Å². The van der Waals surface area contributed by atoms with E-state index >= 15 is 0 Å². The Labute approximate surface area is 80.1 Å². The molecular formula is C10H18N2O. The third kappa shape index (κ3) is 3.33. The van der Waals surface area contributed by atoms with Crippen LogP contribution in [0.3, 0.4) is 0 Å². The molecule has 13 heavy (non-hydrogen) atoms. The topological polar surface area (TPSA) is 45.0 Å². The Balaban J connectivity index is 2.23. The minimum atomic E-state index is 0.292. The summed E-state index contributed by atoms with van der Waals surface area (Å²) in [6, 6.07) is 2.93. The Morgan fingerprint density at radius 3 is 2.92 bits per heavy atom. The first-order chi connectivity index (χ1) is 6.24. The summed E-state index contributed by atoms with van der Waals surface area (Å²) in [5.41, 5.74) is 0. The van der Waals surface area contributed by atoms with Crippen molar-refractivity contribution in [3.8, 4) is 6.07 Å². The van der Waals surface area contributed by atoms with Crippen molar-refractivity contribution in [3.05, 3.63) is 0 Å². The lowest BCUT2D eigenvalue weighted by Crippen LogP contribution is -2.39. The van der Waals surface area contributed by atoms with Crippen LogP contribution in [0.1, 0.15) is 26.7 Å². The van der Waals surface area contributed by atoms with Crippen LogP contribution in [0.5, 0.6) is 0 Å². The van der Waals surface area contributed by atoms with E-state index in [-0.39, 0.29) is 0 Å². The molecule has 0 aliphatic carbocycles. The van der Waals surface area contributed by atoms with Crippen LogP contribution in [0.15, 0.2) is 0 Å². The van der Waals surface area contributed by atoms with Gasteiger partial charge in [0, 0.05) is 18.7 Å². The predicted octanol–water partition coefficient (Wildman–Crippen LogP) is 1.30. The number of nitriles is 1. The molecule has 0 spiro atoms. The van der Waals surface area contributed by atoms with E-state index in [0.29, 0.717) is 24.4 Å². The highest BCUT2D eigenvalue weighted by molar-refractivity contribution is 4.82. The van der Waals surface area contributed by atoms with Gasteiger partial charge in [-0.05, 0) is 26.2 Å². The lowest BCUT2D eigenvalue weighted by molar-refractivity contribution is 0.177. The molecule has 3 heteroatoms. The summed E-state index contributed by atoms with van der Waals surface area (Å²) < 4.78 is 5.31. The lowest BCUT2D eigenvalue weighted by Gasteiger charge is -2.22. The predicted molar refractivity (Wildman–Crippen MR) is 51.2 cm³/mol. The van der Waals surface area contributed by atoms with Crippen LogP contribution in [0, 0.1) is 17.2 Å². The van der Waals surface area contributed by atoms with Gasteiger partial charge >= 0.3 is 0 Å². The third-order valence-corrected chi connectivity index (χ3v) is 2.62. The summed E-state index contributed by atoms with van der Waals surface area (Å²) in [4.78, 5) is 0. The first kappa shape index (κ1) is 10.5. The van der Waals surface area contributed by atoms with Crippen molar-refractivity contribution < 1.29 is 4.74 Å². The zero-order chi connectivity index (χ0) is 9.68. The molecule has 0 radical (unpaired) electrons. The van der Waals surface area contributed by atoms with Crippen LogP contribution in [0.25, 0.3) is 0 Å². The average molecular weight is 182 g/mol. The second-order valence-electron chi connectivity index (χ2n) is 3.84. The Morgan fingerprint density at radius 1 is 1.62 bits per heavy atom. The quantitative estimate of drug-likeness (QED) is 0.713. The van der Waals surface area contributed by atoms with Crippen molar-refractivity contribution in [3.63, 3.8) is 0 Å². The highest BCUT2D eigenvalue weighted by Crippen LogP contribution is 2.16.